The number of aryl methyl sites for hydroxylation is 1. The fourth-order valence-electron chi connectivity index (χ4n) is 3.27. The molecule has 2 aliphatic rings. The summed E-state index contributed by atoms with van der Waals surface area (Å²) in [7, 11) is 0. The maximum absolute atomic E-state index is 2.30. The summed E-state index contributed by atoms with van der Waals surface area (Å²) in [6.45, 7) is 2.24. The second kappa shape index (κ2) is 3.96. The zero-order valence-electron chi connectivity index (χ0n) is 11.1. The Morgan fingerprint density at radius 1 is 0.947 bits per heavy atom. The van der Waals surface area contributed by atoms with Crippen molar-refractivity contribution in [2.24, 2.45) is 0 Å². The van der Waals surface area contributed by atoms with Gasteiger partial charge in [0.2, 0.25) is 0 Å². The highest BCUT2D eigenvalue weighted by Crippen LogP contribution is 2.23. The lowest BCUT2D eigenvalue weighted by Crippen LogP contribution is -2.14. The summed E-state index contributed by atoms with van der Waals surface area (Å²) in [4.78, 5) is 0. The smallest absolute Gasteiger partial charge is 0.00134 e. The summed E-state index contributed by atoms with van der Waals surface area (Å²) in [5.41, 5.74) is 4.35. The zero-order chi connectivity index (χ0) is 12.8. The lowest BCUT2D eigenvalue weighted by Gasteiger charge is -2.10. The van der Waals surface area contributed by atoms with Crippen LogP contribution in [0.25, 0.3) is 22.9 Å². The van der Waals surface area contributed by atoms with E-state index in [2.05, 4.69) is 61.6 Å². The van der Waals surface area contributed by atoms with Crippen molar-refractivity contribution in [1.29, 1.82) is 0 Å². The first-order chi connectivity index (χ1) is 9.36. The van der Waals surface area contributed by atoms with Gasteiger partial charge in [-0.1, -0.05) is 61.6 Å². The van der Waals surface area contributed by atoms with Gasteiger partial charge in [-0.2, -0.15) is 0 Å². The van der Waals surface area contributed by atoms with Crippen LogP contribution in [-0.4, -0.2) is 0 Å². The molecule has 0 saturated carbocycles. The van der Waals surface area contributed by atoms with E-state index in [0.29, 0.717) is 0 Å². The van der Waals surface area contributed by atoms with Gasteiger partial charge in [0.05, 0.1) is 0 Å². The molecule has 0 saturated heterocycles. The Morgan fingerprint density at radius 3 is 2.74 bits per heavy atom. The van der Waals surface area contributed by atoms with Gasteiger partial charge in [-0.3, -0.25) is 0 Å². The van der Waals surface area contributed by atoms with Crippen molar-refractivity contribution in [3.8, 4) is 0 Å². The molecule has 19 heavy (non-hydrogen) atoms. The molecule has 0 aliphatic heterocycles. The predicted octanol–water partition coefficient (Wildman–Crippen LogP) is 3.02. The van der Waals surface area contributed by atoms with Gasteiger partial charge in [0.15, 0.2) is 0 Å². The van der Waals surface area contributed by atoms with Crippen LogP contribution in [0.1, 0.15) is 18.1 Å². The monoisotopic (exact) mass is 244 g/mol. The number of rotatable bonds is 1. The standard InChI is InChI=1S/C19H16/c1-2-14-8-9-16-7-6-13-4-3-5-15-10-11-17(14)19(16)18(15)12-13/h3-11H,2,12H2,1H3. The molecule has 2 aromatic rings. The molecule has 4 rings (SSSR count). The molecular formula is C19H16. The lowest BCUT2D eigenvalue weighted by molar-refractivity contribution is 1.15. The molecule has 0 N–H and O–H groups in total. The SMILES string of the molecule is CCc1ccc2c3c4c(ccc13)=CC=CC(=CC=2)C4. The van der Waals surface area contributed by atoms with Gasteiger partial charge in [0.25, 0.3) is 0 Å². The third-order valence-electron chi connectivity index (χ3n) is 4.27. The highest BCUT2D eigenvalue weighted by Gasteiger charge is 2.12. The minimum absolute atomic E-state index is 1.05. The van der Waals surface area contributed by atoms with Crippen LogP contribution in [0.15, 0.2) is 48.1 Å². The normalized spacial score (nSPS) is 15.5. The molecular weight excluding hydrogens is 228 g/mol. The molecule has 0 spiro atoms. The van der Waals surface area contributed by atoms with Crippen molar-refractivity contribution in [3.63, 3.8) is 0 Å². The Morgan fingerprint density at radius 2 is 1.84 bits per heavy atom. The predicted molar refractivity (Wildman–Crippen MR) is 82.4 cm³/mol. The van der Waals surface area contributed by atoms with E-state index in [1.165, 1.54) is 37.9 Å². The second-order valence-corrected chi connectivity index (χ2v) is 5.33. The van der Waals surface area contributed by atoms with Crippen molar-refractivity contribution in [3.05, 3.63) is 69.6 Å². The third kappa shape index (κ3) is 1.53. The van der Waals surface area contributed by atoms with Gasteiger partial charge >= 0.3 is 0 Å². The Balaban J connectivity index is 2.30. The molecule has 2 aliphatic carbocycles. The van der Waals surface area contributed by atoms with Crippen LogP contribution >= 0.6 is 0 Å². The molecule has 0 aromatic heterocycles. The van der Waals surface area contributed by atoms with Gasteiger partial charge in [-0.25, -0.2) is 0 Å². The molecule has 0 amide bonds. The fourth-order valence-corrected chi connectivity index (χ4v) is 3.27. The van der Waals surface area contributed by atoms with Crippen molar-refractivity contribution in [1.82, 2.24) is 0 Å². The van der Waals surface area contributed by atoms with Crippen LogP contribution in [0, 0.1) is 0 Å². The summed E-state index contributed by atoms with van der Waals surface area (Å²) in [5.74, 6) is 0. The molecule has 0 atom stereocenters. The number of fused-ring (bicyclic) bond motifs is 1. The molecule has 0 nitrogen and oxygen atoms in total. The van der Waals surface area contributed by atoms with Crippen LogP contribution in [0.3, 0.4) is 0 Å². The maximum atomic E-state index is 2.30. The molecule has 0 unspecified atom stereocenters. The number of allylic oxidation sites excluding steroid dienone is 4. The van der Waals surface area contributed by atoms with Crippen molar-refractivity contribution in [2.75, 3.05) is 0 Å². The van der Waals surface area contributed by atoms with Crippen LogP contribution in [-0.2, 0) is 12.8 Å². The second-order valence-electron chi connectivity index (χ2n) is 5.33. The molecule has 0 heterocycles. The van der Waals surface area contributed by atoms with E-state index in [0.717, 1.165) is 12.8 Å². The highest BCUT2D eigenvalue weighted by molar-refractivity contribution is 5.91. The highest BCUT2D eigenvalue weighted by atomic mass is 14.2. The molecule has 0 radical (unpaired) electrons. The first kappa shape index (κ1) is 10.8. The number of hydrogen-bond donors (Lipinski definition) is 0. The van der Waals surface area contributed by atoms with E-state index in [-0.39, 0.29) is 0 Å². The summed E-state index contributed by atoms with van der Waals surface area (Å²) in [5, 5.41) is 5.63. The van der Waals surface area contributed by atoms with Gasteiger partial charge in [-0.15, -0.1) is 0 Å². The summed E-state index contributed by atoms with van der Waals surface area (Å²) in [6.07, 6.45) is 13.3. The number of benzene rings is 2. The average molecular weight is 244 g/mol. The van der Waals surface area contributed by atoms with E-state index >= 15 is 0 Å². The maximum Gasteiger partial charge on any atom is -0.00134 e. The lowest BCUT2D eigenvalue weighted by atomic mass is 9.94. The minimum atomic E-state index is 1.05. The van der Waals surface area contributed by atoms with Crippen LogP contribution in [0.4, 0.5) is 0 Å². The van der Waals surface area contributed by atoms with Crippen molar-refractivity contribution in [2.45, 2.75) is 19.8 Å². The van der Waals surface area contributed by atoms with E-state index in [4.69, 9.17) is 0 Å². The topological polar surface area (TPSA) is 0 Å². The fraction of sp³-hybridized carbons (Fsp3) is 0.158. The molecule has 2 aromatic carbocycles. The largest absolute Gasteiger partial charge is 0.0614 e. The summed E-state index contributed by atoms with van der Waals surface area (Å²) in [6, 6.07) is 9.13. The Labute approximate surface area is 113 Å². The molecule has 0 heteroatoms. The average Bonchev–Trinajstić information content (AvgIpc) is 2.76. The Kier molecular flexibility index (Phi) is 2.25. The molecule has 0 fully saturated rings. The first-order valence-corrected chi connectivity index (χ1v) is 6.99. The van der Waals surface area contributed by atoms with Crippen LogP contribution in [0.2, 0.25) is 0 Å². The van der Waals surface area contributed by atoms with E-state index in [1.807, 2.05) is 0 Å². The van der Waals surface area contributed by atoms with Gasteiger partial charge in [0.1, 0.15) is 0 Å². The molecule has 2 bridgehead atoms. The minimum Gasteiger partial charge on any atom is -0.0614 e. The Bertz CT molecular complexity index is 861. The van der Waals surface area contributed by atoms with Crippen molar-refractivity contribution < 1.29 is 0 Å². The van der Waals surface area contributed by atoms with Crippen molar-refractivity contribution >= 4 is 22.9 Å². The van der Waals surface area contributed by atoms with E-state index < -0.39 is 0 Å². The number of hydrogen-bond acceptors (Lipinski definition) is 0. The third-order valence-corrected chi connectivity index (χ3v) is 4.27. The molecule has 92 valence electrons. The Hall–Kier alpha value is -2.08. The quantitative estimate of drug-likeness (QED) is 0.723. The first-order valence-electron chi connectivity index (χ1n) is 6.99. The zero-order valence-corrected chi connectivity index (χ0v) is 11.1. The van der Waals surface area contributed by atoms with Gasteiger partial charge in [0, 0.05) is 0 Å². The summed E-state index contributed by atoms with van der Waals surface area (Å²) < 4.78 is 0. The van der Waals surface area contributed by atoms with E-state index in [1.54, 1.807) is 0 Å². The summed E-state index contributed by atoms with van der Waals surface area (Å²) >= 11 is 0. The van der Waals surface area contributed by atoms with Crippen LogP contribution in [0.5, 0.6) is 0 Å². The van der Waals surface area contributed by atoms with E-state index in [9.17, 15) is 0 Å². The van der Waals surface area contributed by atoms with Gasteiger partial charge < -0.3 is 0 Å². The van der Waals surface area contributed by atoms with Gasteiger partial charge in [-0.05, 0) is 50.8 Å². The van der Waals surface area contributed by atoms with Crippen LogP contribution < -0.4 is 10.4 Å².